The van der Waals surface area contributed by atoms with Crippen molar-refractivity contribution < 1.29 is 18.0 Å². The van der Waals surface area contributed by atoms with E-state index in [1.165, 1.54) is 35.2 Å². The summed E-state index contributed by atoms with van der Waals surface area (Å²) in [5, 5.41) is 3.40. The molecule has 0 aliphatic heterocycles. The molecule has 0 heterocycles. The Morgan fingerprint density at radius 2 is 1.51 bits per heavy atom. The summed E-state index contributed by atoms with van der Waals surface area (Å²) in [6.07, 6.45) is 0.914. The molecule has 236 valence electrons. The Bertz CT molecular complexity index is 1730. The summed E-state index contributed by atoms with van der Waals surface area (Å²) >= 11 is 16.2. The normalized spacial score (nSPS) is 12.6. The van der Waals surface area contributed by atoms with E-state index in [1.807, 2.05) is 68.4 Å². The second-order valence-electron chi connectivity index (χ2n) is 10.6. The van der Waals surface area contributed by atoms with Crippen molar-refractivity contribution in [1.82, 2.24) is 10.2 Å². The summed E-state index contributed by atoms with van der Waals surface area (Å²) in [6.45, 7) is 3.30. The number of rotatable bonds is 13. The highest BCUT2D eigenvalue weighted by Gasteiger charge is 2.35. The standard InChI is InChI=1S/C34H34BrCl2N3O4S/c1-3-24(2)38-34(42)32(20-25-11-6-4-7-12-25)39(22-26-13-10-14-27(35)19-26)33(41)23-40(31-18-17-28(36)21-30(31)37)45(43,44)29-15-8-5-9-16-29/h4-19,21,24,32H,3,20,22-23H2,1-2H3,(H,38,42). The average molecular weight is 732 g/mol. The summed E-state index contributed by atoms with van der Waals surface area (Å²) in [4.78, 5) is 29.9. The first-order valence-corrected chi connectivity index (χ1v) is 17.4. The first-order valence-electron chi connectivity index (χ1n) is 14.4. The van der Waals surface area contributed by atoms with E-state index in [0.29, 0.717) is 11.4 Å². The highest BCUT2D eigenvalue weighted by molar-refractivity contribution is 9.10. The van der Waals surface area contributed by atoms with Gasteiger partial charge in [-0.05, 0) is 66.9 Å². The van der Waals surface area contributed by atoms with Gasteiger partial charge in [0.15, 0.2) is 0 Å². The molecule has 1 N–H and O–H groups in total. The molecule has 2 unspecified atom stereocenters. The minimum absolute atomic E-state index is 0.0160. The maximum Gasteiger partial charge on any atom is 0.264 e. The summed E-state index contributed by atoms with van der Waals surface area (Å²) < 4.78 is 30.0. The number of carbonyl (C=O) groups excluding carboxylic acids is 2. The molecular weight excluding hydrogens is 697 g/mol. The van der Waals surface area contributed by atoms with Gasteiger partial charge in [0.2, 0.25) is 11.8 Å². The molecule has 0 saturated heterocycles. The van der Waals surface area contributed by atoms with Crippen LogP contribution in [0.5, 0.6) is 0 Å². The fourth-order valence-corrected chi connectivity index (χ4v) is 7.21. The zero-order chi connectivity index (χ0) is 32.6. The Labute approximate surface area is 283 Å². The van der Waals surface area contributed by atoms with E-state index in [0.717, 1.165) is 19.9 Å². The first-order chi connectivity index (χ1) is 21.5. The van der Waals surface area contributed by atoms with E-state index in [9.17, 15) is 18.0 Å². The zero-order valence-corrected chi connectivity index (χ0v) is 28.8. The van der Waals surface area contributed by atoms with Crippen molar-refractivity contribution in [2.24, 2.45) is 0 Å². The molecular formula is C34H34BrCl2N3O4S. The van der Waals surface area contributed by atoms with Gasteiger partial charge in [0, 0.05) is 28.5 Å². The van der Waals surface area contributed by atoms with Crippen LogP contribution in [0.2, 0.25) is 10.0 Å². The second kappa shape index (κ2) is 15.8. The maximum atomic E-state index is 14.5. The number of sulfonamides is 1. The number of carbonyl (C=O) groups is 2. The lowest BCUT2D eigenvalue weighted by Gasteiger charge is -2.34. The fraction of sp³-hybridized carbons (Fsp3) is 0.235. The van der Waals surface area contributed by atoms with E-state index in [-0.39, 0.29) is 40.5 Å². The van der Waals surface area contributed by atoms with Crippen molar-refractivity contribution in [3.05, 3.63) is 129 Å². The van der Waals surface area contributed by atoms with Gasteiger partial charge in [-0.15, -0.1) is 0 Å². The molecule has 0 fully saturated rings. The van der Waals surface area contributed by atoms with E-state index < -0.39 is 28.5 Å². The van der Waals surface area contributed by atoms with Gasteiger partial charge in [-0.3, -0.25) is 13.9 Å². The van der Waals surface area contributed by atoms with Gasteiger partial charge in [-0.2, -0.15) is 0 Å². The van der Waals surface area contributed by atoms with Crippen LogP contribution in [0, 0.1) is 0 Å². The number of benzene rings is 4. The lowest BCUT2D eigenvalue weighted by Crippen LogP contribution is -2.54. The molecule has 0 aliphatic carbocycles. The fourth-order valence-electron chi connectivity index (χ4n) is 4.74. The highest BCUT2D eigenvalue weighted by Crippen LogP contribution is 2.33. The van der Waals surface area contributed by atoms with Crippen molar-refractivity contribution >= 4 is 66.7 Å². The predicted molar refractivity (Wildman–Crippen MR) is 184 cm³/mol. The van der Waals surface area contributed by atoms with E-state index in [2.05, 4.69) is 21.2 Å². The predicted octanol–water partition coefficient (Wildman–Crippen LogP) is 7.51. The van der Waals surface area contributed by atoms with Crippen molar-refractivity contribution in [3.8, 4) is 0 Å². The van der Waals surface area contributed by atoms with Gasteiger partial charge in [0.25, 0.3) is 10.0 Å². The van der Waals surface area contributed by atoms with Crippen LogP contribution >= 0.6 is 39.1 Å². The lowest BCUT2D eigenvalue weighted by molar-refractivity contribution is -0.140. The number of hydrogen-bond donors (Lipinski definition) is 1. The second-order valence-corrected chi connectivity index (χ2v) is 14.2. The Hall–Kier alpha value is -3.37. The Morgan fingerprint density at radius 1 is 0.867 bits per heavy atom. The topological polar surface area (TPSA) is 86.8 Å². The van der Waals surface area contributed by atoms with E-state index in [1.54, 1.807) is 18.2 Å². The number of anilines is 1. The molecule has 0 bridgehead atoms. The molecule has 2 atom stereocenters. The number of nitrogens with zero attached hydrogens (tertiary/aromatic N) is 2. The van der Waals surface area contributed by atoms with E-state index in [4.69, 9.17) is 23.2 Å². The molecule has 2 amide bonds. The molecule has 4 aromatic rings. The molecule has 0 aromatic heterocycles. The lowest BCUT2D eigenvalue weighted by atomic mass is 10.0. The quantitative estimate of drug-likeness (QED) is 0.154. The van der Waals surface area contributed by atoms with Gasteiger partial charge in [0.1, 0.15) is 12.6 Å². The molecule has 4 rings (SSSR count). The summed E-state index contributed by atoms with van der Waals surface area (Å²) in [6, 6.07) is 28.0. The Balaban J connectivity index is 1.83. The van der Waals surface area contributed by atoms with Crippen molar-refractivity contribution in [1.29, 1.82) is 0 Å². The minimum atomic E-state index is -4.28. The molecule has 11 heteroatoms. The van der Waals surface area contributed by atoms with Crippen LogP contribution in [0.3, 0.4) is 0 Å². The first kappa shape index (κ1) is 34.5. The van der Waals surface area contributed by atoms with Crippen LogP contribution < -0.4 is 9.62 Å². The van der Waals surface area contributed by atoms with Gasteiger partial charge < -0.3 is 10.2 Å². The van der Waals surface area contributed by atoms with E-state index >= 15 is 0 Å². The number of halogens is 3. The molecule has 0 radical (unpaired) electrons. The molecule has 0 aliphatic rings. The van der Waals surface area contributed by atoms with Crippen LogP contribution in [0.4, 0.5) is 5.69 Å². The summed E-state index contributed by atoms with van der Waals surface area (Å²) in [5.41, 5.74) is 1.70. The van der Waals surface area contributed by atoms with Crippen molar-refractivity contribution in [3.63, 3.8) is 0 Å². The maximum absolute atomic E-state index is 14.5. The van der Waals surface area contributed by atoms with Gasteiger partial charge in [-0.1, -0.05) is 107 Å². The summed E-state index contributed by atoms with van der Waals surface area (Å²) in [7, 11) is -4.28. The smallest absolute Gasteiger partial charge is 0.264 e. The molecule has 0 saturated carbocycles. The Kier molecular flexibility index (Phi) is 12.1. The third-order valence-electron chi connectivity index (χ3n) is 7.30. The molecule has 4 aromatic carbocycles. The molecule has 45 heavy (non-hydrogen) atoms. The Morgan fingerprint density at radius 3 is 2.13 bits per heavy atom. The number of nitrogens with one attached hydrogen (secondary N) is 1. The minimum Gasteiger partial charge on any atom is -0.352 e. The van der Waals surface area contributed by atoms with Crippen LogP contribution in [-0.2, 0) is 32.6 Å². The third kappa shape index (κ3) is 9.10. The monoisotopic (exact) mass is 729 g/mol. The third-order valence-corrected chi connectivity index (χ3v) is 10.1. The van der Waals surface area contributed by atoms with Crippen LogP contribution in [-0.4, -0.2) is 43.8 Å². The van der Waals surface area contributed by atoms with Crippen molar-refractivity contribution in [2.75, 3.05) is 10.8 Å². The SMILES string of the molecule is CCC(C)NC(=O)C(Cc1ccccc1)N(Cc1cccc(Br)c1)C(=O)CN(c1ccc(Cl)cc1Cl)S(=O)(=O)c1ccccc1. The van der Waals surface area contributed by atoms with Crippen LogP contribution in [0.1, 0.15) is 31.4 Å². The summed E-state index contributed by atoms with van der Waals surface area (Å²) in [5.74, 6) is -0.917. The largest absolute Gasteiger partial charge is 0.352 e. The number of amides is 2. The van der Waals surface area contributed by atoms with Gasteiger partial charge in [0.05, 0.1) is 15.6 Å². The molecule has 7 nitrogen and oxygen atoms in total. The number of hydrogen-bond acceptors (Lipinski definition) is 4. The van der Waals surface area contributed by atoms with Gasteiger partial charge in [-0.25, -0.2) is 8.42 Å². The highest BCUT2D eigenvalue weighted by atomic mass is 79.9. The van der Waals surface area contributed by atoms with Gasteiger partial charge >= 0.3 is 0 Å². The van der Waals surface area contributed by atoms with Crippen LogP contribution in [0.15, 0.2) is 112 Å². The van der Waals surface area contributed by atoms with Crippen molar-refractivity contribution in [2.45, 2.75) is 50.2 Å². The van der Waals surface area contributed by atoms with Crippen LogP contribution in [0.25, 0.3) is 0 Å². The molecule has 0 spiro atoms. The zero-order valence-electron chi connectivity index (χ0n) is 24.9. The average Bonchev–Trinajstić information content (AvgIpc) is 3.02.